The molecule has 140 valence electrons. The van der Waals surface area contributed by atoms with Gasteiger partial charge in [0.2, 0.25) is 5.91 Å². The minimum absolute atomic E-state index is 0.151. The first-order valence-corrected chi connectivity index (χ1v) is 9.84. The maximum atomic E-state index is 12.3. The zero-order valence-electron chi connectivity index (χ0n) is 14.3. The Kier molecular flexibility index (Phi) is 6.46. The Bertz CT molecular complexity index is 901. The summed E-state index contributed by atoms with van der Waals surface area (Å²) in [4.78, 5) is 12.6. The summed E-state index contributed by atoms with van der Waals surface area (Å²) in [5.74, 6) is -1.79. The molecule has 0 aliphatic heterocycles. The van der Waals surface area contributed by atoms with E-state index in [1.54, 1.807) is 24.3 Å². The summed E-state index contributed by atoms with van der Waals surface area (Å²) in [7, 11) is 0. The molecule has 1 amide bonds. The summed E-state index contributed by atoms with van der Waals surface area (Å²) < 4.78 is 26.5. The Morgan fingerprint density at radius 3 is 2.48 bits per heavy atom. The number of nitrogens with one attached hydrogen (secondary N) is 1. The molecule has 0 aliphatic carbocycles. The first-order valence-electron chi connectivity index (χ1n) is 7.98. The van der Waals surface area contributed by atoms with Gasteiger partial charge in [0, 0.05) is 16.3 Å². The van der Waals surface area contributed by atoms with Crippen LogP contribution in [0.1, 0.15) is 5.82 Å². The van der Waals surface area contributed by atoms with E-state index in [0.29, 0.717) is 27.5 Å². The quantitative estimate of drug-likeness (QED) is 0.580. The predicted octanol–water partition coefficient (Wildman–Crippen LogP) is 4.62. The van der Waals surface area contributed by atoms with E-state index in [1.165, 1.54) is 11.8 Å². The third-order valence-electron chi connectivity index (χ3n) is 3.51. The van der Waals surface area contributed by atoms with Gasteiger partial charge in [-0.1, -0.05) is 41.7 Å². The molecule has 1 heterocycles. The topological polar surface area (TPSA) is 59.8 Å². The van der Waals surface area contributed by atoms with E-state index in [4.69, 9.17) is 0 Å². The zero-order valence-corrected chi connectivity index (χ0v) is 15.9. The molecule has 0 saturated carbocycles. The lowest BCUT2D eigenvalue weighted by Gasteiger charge is -2.09. The van der Waals surface area contributed by atoms with Crippen molar-refractivity contribution in [3.8, 4) is 5.69 Å². The monoisotopic (exact) mass is 406 g/mol. The number of para-hydroxylation sites is 1. The number of amides is 1. The second kappa shape index (κ2) is 9.01. The summed E-state index contributed by atoms with van der Waals surface area (Å²) in [5, 5.41) is 11.6. The van der Waals surface area contributed by atoms with E-state index in [1.807, 2.05) is 41.8 Å². The van der Waals surface area contributed by atoms with Gasteiger partial charge in [-0.15, -0.1) is 10.2 Å². The highest BCUT2D eigenvalue weighted by molar-refractivity contribution is 8.00. The van der Waals surface area contributed by atoms with Gasteiger partial charge >= 0.3 is 0 Å². The van der Waals surface area contributed by atoms with E-state index < -0.39 is 5.76 Å². The summed E-state index contributed by atoms with van der Waals surface area (Å²) in [6.45, 7) is 1.85. The van der Waals surface area contributed by atoms with E-state index >= 15 is 0 Å². The molecule has 0 saturated heterocycles. The van der Waals surface area contributed by atoms with Crippen molar-refractivity contribution in [2.45, 2.75) is 22.7 Å². The van der Waals surface area contributed by atoms with Crippen molar-refractivity contribution in [1.82, 2.24) is 14.8 Å². The zero-order chi connectivity index (χ0) is 19.2. The number of aryl methyl sites for hydroxylation is 1. The smallest absolute Gasteiger partial charge is 0.288 e. The average Bonchev–Trinajstić information content (AvgIpc) is 3.02. The number of aromatic nitrogens is 3. The number of carbonyl (C=O) groups excluding carboxylic acids is 1. The number of rotatable bonds is 7. The minimum Gasteiger partial charge on any atom is -0.325 e. The van der Waals surface area contributed by atoms with Crippen LogP contribution in [0.4, 0.5) is 14.5 Å². The molecular weight excluding hydrogens is 390 g/mol. The lowest BCUT2D eigenvalue weighted by atomic mass is 10.3. The van der Waals surface area contributed by atoms with Gasteiger partial charge in [0.25, 0.3) is 5.76 Å². The Morgan fingerprint density at radius 1 is 1.11 bits per heavy atom. The molecule has 9 heteroatoms. The van der Waals surface area contributed by atoms with Crippen LogP contribution >= 0.6 is 23.5 Å². The molecule has 27 heavy (non-hydrogen) atoms. The number of nitrogens with zero attached hydrogens (tertiary/aromatic N) is 3. The van der Waals surface area contributed by atoms with Gasteiger partial charge in [0.1, 0.15) is 5.82 Å². The standard InChI is InChI=1S/C18H16F2N4OS2/c1-12-22-23-18(24(12)14-5-3-2-4-6-14)26-11-16(25)21-13-7-9-15(10-8-13)27-17(19)20/h2-10,17H,11H2,1H3,(H,21,25). The molecule has 3 aromatic rings. The molecule has 0 atom stereocenters. The lowest BCUT2D eigenvalue weighted by molar-refractivity contribution is -0.113. The Labute approximate surface area is 163 Å². The molecule has 5 nitrogen and oxygen atoms in total. The van der Waals surface area contributed by atoms with Crippen LogP contribution in [0.2, 0.25) is 0 Å². The highest BCUT2D eigenvalue weighted by atomic mass is 32.2. The number of thioether (sulfide) groups is 2. The molecular formula is C18H16F2N4OS2. The van der Waals surface area contributed by atoms with Crippen LogP contribution in [0.15, 0.2) is 64.6 Å². The largest absolute Gasteiger partial charge is 0.325 e. The van der Waals surface area contributed by atoms with Gasteiger partial charge in [-0.2, -0.15) is 8.78 Å². The molecule has 1 N–H and O–H groups in total. The highest BCUT2D eigenvalue weighted by Gasteiger charge is 2.13. The SMILES string of the molecule is Cc1nnc(SCC(=O)Nc2ccc(SC(F)F)cc2)n1-c1ccccc1. The fourth-order valence-corrected chi connectivity index (χ4v) is 3.65. The number of anilines is 1. The number of hydrogen-bond acceptors (Lipinski definition) is 5. The van der Waals surface area contributed by atoms with E-state index in [9.17, 15) is 13.6 Å². The van der Waals surface area contributed by atoms with Crippen molar-refractivity contribution in [3.63, 3.8) is 0 Å². The molecule has 0 bridgehead atoms. The molecule has 3 rings (SSSR count). The van der Waals surface area contributed by atoms with Gasteiger partial charge in [-0.05, 0) is 43.3 Å². The first kappa shape index (κ1) is 19.4. The predicted molar refractivity (Wildman–Crippen MR) is 104 cm³/mol. The summed E-state index contributed by atoms with van der Waals surface area (Å²) >= 11 is 1.74. The lowest BCUT2D eigenvalue weighted by Crippen LogP contribution is -2.14. The highest BCUT2D eigenvalue weighted by Crippen LogP contribution is 2.26. The van der Waals surface area contributed by atoms with Gasteiger partial charge in [0.05, 0.1) is 5.75 Å². The molecule has 1 aromatic heterocycles. The van der Waals surface area contributed by atoms with Crippen LogP contribution in [-0.4, -0.2) is 32.2 Å². The fraction of sp³-hybridized carbons (Fsp3) is 0.167. The van der Waals surface area contributed by atoms with Crippen molar-refractivity contribution < 1.29 is 13.6 Å². The van der Waals surface area contributed by atoms with Gasteiger partial charge in [-0.3, -0.25) is 9.36 Å². The van der Waals surface area contributed by atoms with Gasteiger partial charge in [0.15, 0.2) is 5.16 Å². The molecule has 2 aromatic carbocycles. The fourth-order valence-electron chi connectivity index (χ4n) is 2.36. The third kappa shape index (κ3) is 5.30. The maximum absolute atomic E-state index is 12.3. The minimum atomic E-state index is -2.47. The van der Waals surface area contributed by atoms with Gasteiger partial charge < -0.3 is 5.32 Å². The second-order valence-electron chi connectivity index (χ2n) is 5.44. The van der Waals surface area contributed by atoms with Crippen LogP contribution in [-0.2, 0) is 4.79 Å². The summed E-state index contributed by atoms with van der Waals surface area (Å²) in [6.07, 6.45) is 0. The summed E-state index contributed by atoms with van der Waals surface area (Å²) in [5.41, 5.74) is 1.48. The number of hydrogen-bond donors (Lipinski definition) is 1. The van der Waals surface area contributed by atoms with Crippen LogP contribution in [0, 0.1) is 6.92 Å². The van der Waals surface area contributed by atoms with Crippen LogP contribution in [0.3, 0.4) is 0 Å². The maximum Gasteiger partial charge on any atom is 0.288 e. The Hall–Kier alpha value is -2.39. The number of halogens is 2. The molecule has 0 aliphatic rings. The van der Waals surface area contributed by atoms with E-state index in [-0.39, 0.29) is 11.7 Å². The molecule has 0 radical (unpaired) electrons. The van der Waals surface area contributed by atoms with E-state index in [2.05, 4.69) is 15.5 Å². The van der Waals surface area contributed by atoms with Crippen molar-refractivity contribution in [2.24, 2.45) is 0 Å². The van der Waals surface area contributed by atoms with Crippen molar-refractivity contribution in [1.29, 1.82) is 0 Å². The molecule has 0 fully saturated rings. The molecule has 0 unspecified atom stereocenters. The first-order chi connectivity index (χ1) is 13.0. The summed E-state index contributed by atoms with van der Waals surface area (Å²) in [6, 6.07) is 16.0. The van der Waals surface area contributed by atoms with Crippen LogP contribution in [0.5, 0.6) is 0 Å². The third-order valence-corrected chi connectivity index (χ3v) is 5.16. The van der Waals surface area contributed by atoms with Crippen molar-refractivity contribution >= 4 is 35.1 Å². The number of carbonyl (C=O) groups is 1. The van der Waals surface area contributed by atoms with Gasteiger partial charge in [-0.25, -0.2) is 0 Å². The normalized spacial score (nSPS) is 11.0. The second-order valence-corrected chi connectivity index (χ2v) is 7.45. The van der Waals surface area contributed by atoms with Crippen molar-refractivity contribution in [2.75, 3.05) is 11.1 Å². The number of alkyl halides is 2. The average molecular weight is 406 g/mol. The Morgan fingerprint density at radius 2 is 1.81 bits per heavy atom. The van der Waals surface area contributed by atoms with Crippen LogP contribution in [0.25, 0.3) is 5.69 Å². The molecule has 0 spiro atoms. The van der Waals surface area contributed by atoms with E-state index in [0.717, 1.165) is 11.5 Å². The number of benzene rings is 2. The van der Waals surface area contributed by atoms with Crippen LogP contribution < -0.4 is 5.32 Å². The van der Waals surface area contributed by atoms with Crippen molar-refractivity contribution in [3.05, 3.63) is 60.4 Å². The Balaban J connectivity index is 1.60.